The highest BCUT2D eigenvalue weighted by molar-refractivity contribution is 5.38. The van der Waals surface area contributed by atoms with Crippen molar-refractivity contribution in [3.63, 3.8) is 0 Å². The van der Waals surface area contributed by atoms with Gasteiger partial charge >= 0.3 is 0 Å². The second kappa shape index (κ2) is 6.83. The Bertz CT molecular complexity index is 603. The predicted molar refractivity (Wildman–Crippen MR) is 76.7 cm³/mol. The highest BCUT2D eigenvalue weighted by Gasteiger charge is 2.07. The van der Waals surface area contributed by atoms with Gasteiger partial charge in [0, 0.05) is 19.2 Å². The van der Waals surface area contributed by atoms with Gasteiger partial charge < -0.3 is 5.32 Å². The van der Waals surface area contributed by atoms with Crippen LogP contribution in [-0.2, 0) is 13.1 Å². The predicted octanol–water partition coefficient (Wildman–Crippen LogP) is 1.11. The fraction of sp³-hybridized carbons (Fsp3) is 0.538. The van der Waals surface area contributed by atoms with E-state index in [-0.39, 0.29) is 5.56 Å². The van der Waals surface area contributed by atoms with Crippen molar-refractivity contribution in [1.29, 1.82) is 0 Å². The van der Waals surface area contributed by atoms with Crippen LogP contribution in [0.15, 0.2) is 23.4 Å². The van der Waals surface area contributed by atoms with Gasteiger partial charge in [-0.15, -0.1) is 0 Å². The molecule has 0 aliphatic rings. The summed E-state index contributed by atoms with van der Waals surface area (Å²) >= 11 is 0. The largest absolute Gasteiger partial charge is 0.384 e. The van der Waals surface area contributed by atoms with Crippen molar-refractivity contribution in [3.8, 4) is 0 Å². The van der Waals surface area contributed by atoms with E-state index in [1.165, 1.54) is 11.0 Å². The lowest BCUT2D eigenvalue weighted by atomic mass is 10.4. The highest BCUT2D eigenvalue weighted by atomic mass is 16.1. The summed E-state index contributed by atoms with van der Waals surface area (Å²) in [7, 11) is 0. The van der Waals surface area contributed by atoms with Crippen molar-refractivity contribution in [3.05, 3.63) is 34.8 Å². The molecule has 0 aromatic carbocycles. The molecular formula is C13H20N6O. The maximum Gasteiger partial charge on any atom is 0.269 e. The van der Waals surface area contributed by atoms with E-state index in [1.807, 2.05) is 0 Å². The van der Waals surface area contributed by atoms with Gasteiger partial charge in [-0.3, -0.25) is 4.79 Å². The summed E-state index contributed by atoms with van der Waals surface area (Å²) in [5, 5.41) is 11.5. The third-order valence-corrected chi connectivity index (χ3v) is 2.87. The Morgan fingerprint density at radius 3 is 2.75 bits per heavy atom. The lowest BCUT2D eigenvalue weighted by Crippen LogP contribution is -2.25. The third kappa shape index (κ3) is 3.43. The van der Waals surface area contributed by atoms with Gasteiger partial charge in [0.1, 0.15) is 18.7 Å². The molecule has 20 heavy (non-hydrogen) atoms. The second-order valence-corrected chi connectivity index (χ2v) is 4.57. The summed E-state index contributed by atoms with van der Waals surface area (Å²) < 4.78 is 3.20. The van der Waals surface area contributed by atoms with Gasteiger partial charge in [0.2, 0.25) is 0 Å². The van der Waals surface area contributed by atoms with Gasteiger partial charge in [-0.2, -0.15) is 10.2 Å². The van der Waals surface area contributed by atoms with E-state index in [0.717, 1.165) is 37.4 Å². The standard InChI is InChI=1S/C13H20N6O/c1-3-5-14-11-7-13(20)19(16-8-11)9-12-15-10-17-18(12)6-4-2/h7-8,10,14H,3-6,9H2,1-2H3. The maximum absolute atomic E-state index is 12.0. The molecule has 0 saturated carbocycles. The van der Waals surface area contributed by atoms with Crippen LogP contribution in [0.25, 0.3) is 0 Å². The van der Waals surface area contributed by atoms with Crippen LogP contribution < -0.4 is 10.9 Å². The number of nitrogens with zero attached hydrogens (tertiary/aromatic N) is 5. The first-order chi connectivity index (χ1) is 9.74. The van der Waals surface area contributed by atoms with E-state index < -0.39 is 0 Å². The number of nitrogens with one attached hydrogen (secondary N) is 1. The first-order valence-electron chi connectivity index (χ1n) is 6.92. The van der Waals surface area contributed by atoms with Crippen LogP contribution in [0.2, 0.25) is 0 Å². The Balaban J connectivity index is 2.13. The molecular weight excluding hydrogens is 256 g/mol. The molecule has 2 aromatic rings. The first-order valence-corrected chi connectivity index (χ1v) is 6.92. The SMILES string of the molecule is CCCNc1cnn(Cc2ncnn2CCC)c(=O)c1. The Labute approximate surface area is 117 Å². The number of hydrogen-bond acceptors (Lipinski definition) is 5. The molecule has 0 amide bonds. The smallest absolute Gasteiger partial charge is 0.269 e. The van der Waals surface area contributed by atoms with Crippen molar-refractivity contribution in [2.75, 3.05) is 11.9 Å². The van der Waals surface area contributed by atoms with E-state index in [4.69, 9.17) is 0 Å². The molecule has 0 saturated heterocycles. The minimum atomic E-state index is -0.142. The van der Waals surface area contributed by atoms with Crippen molar-refractivity contribution >= 4 is 5.69 Å². The van der Waals surface area contributed by atoms with Crippen LogP contribution in [0.5, 0.6) is 0 Å². The number of hydrogen-bond donors (Lipinski definition) is 1. The lowest BCUT2D eigenvalue weighted by Gasteiger charge is -2.08. The fourth-order valence-corrected chi connectivity index (χ4v) is 1.86. The zero-order valence-corrected chi connectivity index (χ0v) is 11.9. The number of rotatable bonds is 7. The second-order valence-electron chi connectivity index (χ2n) is 4.57. The van der Waals surface area contributed by atoms with Gasteiger partial charge in [-0.05, 0) is 12.8 Å². The summed E-state index contributed by atoms with van der Waals surface area (Å²) in [6, 6.07) is 1.56. The summed E-state index contributed by atoms with van der Waals surface area (Å²) in [5.74, 6) is 0.746. The Morgan fingerprint density at radius 1 is 1.20 bits per heavy atom. The van der Waals surface area contributed by atoms with E-state index >= 15 is 0 Å². The third-order valence-electron chi connectivity index (χ3n) is 2.87. The summed E-state index contributed by atoms with van der Waals surface area (Å²) in [6.45, 7) is 6.11. The Hall–Kier alpha value is -2.18. The lowest BCUT2D eigenvalue weighted by molar-refractivity contribution is 0.528. The van der Waals surface area contributed by atoms with Crippen molar-refractivity contribution in [2.45, 2.75) is 39.8 Å². The minimum Gasteiger partial charge on any atom is -0.384 e. The molecule has 2 heterocycles. The zero-order valence-electron chi connectivity index (χ0n) is 11.9. The van der Waals surface area contributed by atoms with Crippen LogP contribution in [-0.4, -0.2) is 31.1 Å². The van der Waals surface area contributed by atoms with Gasteiger partial charge in [0.25, 0.3) is 5.56 Å². The van der Waals surface area contributed by atoms with Crippen molar-refractivity contribution < 1.29 is 0 Å². The fourth-order valence-electron chi connectivity index (χ4n) is 1.86. The van der Waals surface area contributed by atoms with E-state index in [1.54, 1.807) is 16.9 Å². The molecule has 0 unspecified atom stereocenters. The van der Waals surface area contributed by atoms with Crippen LogP contribution in [0.1, 0.15) is 32.5 Å². The monoisotopic (exact) mass is 276 g/mol. The molecule has 0 radical (unpaired) electrons. The van der Waals surface area contributed by atoms with Gasteiger partial charge in [-0.1, -0.05) is 13.8 Å². The average Bonchev–Trinajstić information content (AvgIpc) is 2.87. The Kier molecular flexibility index (Phi) is 4.86. The first kappa shape index (κ1) is 14.2. The molecule has 108 valence electrons. The van der Waals surface area contributed by atoms with E-state index in [9.17, 15) is 4.79 Å². The van der Waals surface area contributed by atoms with Gasteiger partial charge in [0.15, 0.2) is 0 Å². The molecule has 1 N–H and O–H groups in total. The maximum atomic E-state index is 12.0. The number of anilines is 1. The molecule has 0 bridgehead atoms. The van der Waals surface area contributed by atoms with Crippen LogP contribution >= 0.6 is 0 Å². The van der Waals surface area contributed by atoms with Crippen LogP contribution in [0.4, 0.5) is 5.69 Å². The zero-order chi connectivity index (χ0) is 14.4. The molecule has 7 heteroatoms. The van der Waals surface area contributed by atoms with Crippen LogP contribution in [0.3, 0.4) is 0 Å². The summed E-state index contributed by atoms with van der Waals surface area (Å²) in [4.78, 5) is 16.2. The van der Waals surface area contributed by atoms with E-state index in [0.29, 0.717) is 6.54 Å². The molecule has 2 rings (SSSR count). The molecule has 0 aliphatic carbocycles. The molecule has 0 atom stereocenters. The van der Waals surface area contributed by atoms with Crippen molar-refractivity contribution in [1.82, 2.24) is 24.5 Å². The highest BCUT2D eigenvalue weighted by Crippen LogP contribution is 2.01. The molecule has 2 aromatic heterocycles. The molecule has 0 fully saturated rings. The summed E-state index contributed by atoms with van der Waals surface area (Å²) in [6.07, 6.45) is 5.15. The van der Waals surface area contributed by atoms with Gasteiger partial charge in [-0.25, -0.2) is 14.3 Å². The quantitative estimate of drug-likeness (QED) is 0.819. The van der Waals surface area contributed by atoms with Crippen molar-refractivity contribution in [2.24, 2.45) is 0 Å². The molecule has 7 nitrogen and oxygen atoms in total. The van der Waals surface area contributed by atoms with Crippen LogP contribution in [0, 0.1) is 0 Å². The summed E-state index contributed by atoms with van der Waals surface area (Å²) in [5.41, 5.74) is 0.611. The normalized spacial score (nSPS) is 10.7. The topological polar surface area (TPSA) is 77.6 Å². The molecule has 0 spiro atoms. The Morgan fingerprint density at radius 2 is 2.05 bits per heavy atom. The average molecular weight is 276 g/mol. The van der Waals surface area contributed by atoms with E-state index in [2.05, 4.69) is 34.3 Å². The number of aromatic nitrogens is 5. The number of aryl methyl sites for hydroxylation is 1. The molecule has 0 aliphatic heterocycles. The minimum absolute atomic E-state index is 0.142. The van der Waals surface area contributed by atoms with Gasteiger partial charge in [0.05, 0.1) is 11.9 Å².